The van der Waals surface area contributed by atoms with Crippen LogP contribution in [-0.2, 0) is 4.79 Å². The van der Waals surface area contributed by atoms with Gasteiger partial charge in [-0.3, -0.25) is 0 Å². The summed E-state index contributed by atoms with van der Waals surface area (Å²) in [5.41, 5.74) is 0. The molecule has 1 rings (SSSR count). The van der Waals surface area contributed by atoms with Gasteiger partial charge in [0.2, 0.25) is 0 Å². The Morgan fingerprint density at radius 2 is 1.93 bits per heavy atom. The first kappa shape index (κ1) is 11.5. The molecule has 1 unspecified atom stereocenters. The van der Waals surface area contributed by atoms with E-state index in [9.17, 15) is 4.79 Å². The van der Waals surface area contributed by atoms with Gasteiger partial charge in [-0.05, 0) is 25.2 Å². The maximum atomic E-state index is 10.6. The molecule has 1 fully saturated rings. The van der Waals surface area contributed by atoms with Gasteiger partial charge >= 0.3 is 0 Å². The molecule has 14 heavy (non-hydrogen) atoms. The fourth-order valence-corrected chi connectivity index (χ4v) is 2.52. The molecule has 0 spiro atoms. The van der Waals surface area contributed by atoms with Crippen molar-refractivity contribution in [2.45, 2.75) is 51.9 Å². The Morgan fingerprint density at radius 1 is 1.21 bits per heavy atom. The Hall–Kier alpha value is -0.590. The number of hydrogen-bond acceptors (Lipinski definition) is 1. The normalized spacial score (nSPS) is 21.2. The molecular formula is C13H22O. The van der Waals surface area contributed by atoms with E-state index in [2.05, 4.69) is 19.1 Å². The predicted octanol–water partition coefficient (Wildman–Crippen LogP) is 3.74. The van der Waals surface area contributed by atoms with Crippen molar-refractivity contribution < 1.29 is 4.79 Å². The zero-order chi connectivity index (χ0) is 10.2. The third-order valence-corrected chi connectivity index (χ3v) is 3.39. The first-order valence-corrected chi connectivity index (χ1v) is 5.93. The molecule has 1 nitrogen and oxygen atoms in total. The van der Waals surface area contributed by atoms with Crippen molar-refractivity contribution in [1.29, 1.82) is 0 Å². The van der Waals surface area contributed by atoms with Gasteiger partial charge in [-0.25, -0.2) is 0 Å². The maximum absolute atomic E-state index is 10.6. The van der Waals surface area contributed by atoms with Crippen LogP contribution in [0.2, 0.25) is 0 Å². The molecule has 80 valence electrons. The van der Waals surface area contributed by atoms with E-state index >= 15 is 0 Å². The molecule has 0 bridgehead atoms. The fourth-order valence-electron chi connectivity index (χ4n) is 2.52. The highest BCUT2D eigenvalue weighted by Gasteiger charge is 2.21. The van der Waals surface area contributed by atoms with E-state index < -0.39 is 0 Å². The van der Waals surface area contributed by atoms with Gasteiger partial charge in [0, 0.05) is 6.42 Å². The van der Waals surface area contributed by atoms with Crippen molar-refractivity contribution in [2.24, 2.45) is 11.8 Å². The molecule has 1 heteroatoms. The van der Waals surface area contributed by atoms with Crippen LogP contribution in [0.5, 0.6) is 0 Å². The van der Waals surface area contributed by atoms with Crippen LogP contribution in [0.1, 0.15) is 51.9 Å². The summed E-state index contributed by atoms with van der Waals surface area (Å²) in [5, 5.41) is 0. The third kappa shape index (κ3) is 3.65. The van der Waals surface area contributed by atoms with Crippen LogP contribution in [0.15, 0.2) is 12.2 Å². The standard InChI is InChI=1S/C13H22O/c1-2-3-7-13(10-11-14)12-8-5-4-6-9-12/h2-3,11-13H,4-10H2,1H3/b3-2+. The number of allylic oxidation sites excluding steroid dienone is 2. The lowest BCUT2D eigenvalue weighted by Gasteiger charge is -2.28. The monoisotopic (exact) mass is 194 g/mol. The number of hydrogen-bond donors (Lipinski definition) is 0. The summed E-state index contributed by atoms with van der Waals surface area (Å²) in [5.74, 6) is 1.43. The molecule has 1 saturated carbocycles. The highest BCUT2D eigenvalue weighted by Crippen LogP contribution is 2.33. The first-order chi connectivity index (χ1) is 6.88. The second-order valence-electron chi connectivity index (χ2n) is 4.37. The molecule has 0 amide bonds. The van der Waals surface area contributed by atoms with Crippen LogP contribution >= 0.6 is 0 Å². The van der Waals surface area contributed by atoms with Crippen LogP contribution in [-0.4, -0.2) is 6.29 Å². The van der Waals surface area contributed by atoms with Gasteiger partial charge in [-0.15, -0.1) is 0 Å². The zero-order valence-electron chi connectivity index (χ0n) is 9.24. The molecule has 1 atom stereocenters. The van der Waals surface area contributed by atoms with E-state index in [0.717, 1.165) is 25.0 Å². The molecule has 0 aromatic heterocycles. The Balaban J connectivity index is 2.41. The maximum Gasteiger partial charge on any atom is 0.120 e. The second-order valence-corrected chi connectivity index (χ2v) is 4.37. The minimum atomic E-state index is 0.615. The Kier molecular flexibility index (Phi) is 5.58. The van der Waals surface area contributed by atoms with Gasteiger partial charge in [-0.1, -0.05) is 44.3 Å². The number of carbonyl (C=O) groups excluding carboxylic acids is 1. The Bertz CT molecular complexity index is 178. The number of rotatable bonds is 5. The van der Waals surface area contributed by atoms with Crippen molar-refractivity contribution in [1.82, 2.24) is 0 Å². The van der Waals surface area contributed by atoms with E-state index in [4.69, 9.17) is 0 Å². The van der Waals surface area contributed by atoms with Crippen molar-refractivity contribution in [3.05, 3.63) is 12.2 Å². The van der Waals surface area contributed by atoms with Gasteiger partial charge in [0.05, 0.1) is 0 Å². The second kappa shape index (κ2) is 6.80. The smallest absolute Gasteiger partial charge is 0.120 e. The first-order valence-electron chi connectivity index (χ1n) is 5.93. The largest absolute Gasteiger partial charge is 0.303 e. The SMILES string of the molecule is C/C=C/CC(CC=O)C1CCCCC1. The number of aldehydes is 1. The van der Waals surface area contributed by atoms with E-state index in [1.165, 1.54) is 32.1 Å². The molecule has 0 heterocycles. The van der Waals surface area contributed by atoms with Gasteiger partial charge in [0.1, 0.15) is 6.29 Å². The summed E-state index contributed by atoms with van der Waals surface area (Å²) in [4.78, 5) is 10.6. The average molecular weight is 194 g/mol. The summed E-state index contributed by atoms with van der Waals surface area (Å²) in [6, 6.07) is 0. The third-order valence-electron chi connectivity index (χ3n) is 3.39. The van der Waals surface area contributed by atoms with Crippen LogP contribution < -0.4 is 0 Å². The summed E-state index contributed by atoms with van der Waals surface area (Å²) < 4.78 is 0. The minimum Gasteiger partial charge on any atom is -0.303 e. The van der Waals surface area contributed by atoms with Crippen LogP contribution in [0.25, 0.3) is 0 Å². The summed E-state index contributed by atoms with van der Waals surface area (Å²) >= 11 is 0. The molecule has 0 saturated heterocycles. The van der Waals surface area contributed by atoms with Crippen molar-refractivity contribution >= 4 is 6.29 Å². The van der Waals surface area contributed by atoms with E-state index in [-0.39, 0.29) is 0 Å². The van der Waals surface area contributed by atoms with Crippen molar-refractivity contribution in [3.8, 4) is 0 Å². The topological polar surface area (TPSA) is 17.1 Å². The van der Waals surface area contributed by atoms with E-state index in [1.807, 2.05) is 0 Å². The minimum absolute atomic E-state index is 0.615. The van der Waals surface area contributed by atoms with E-state index in [0.29, 0.717) is 5.92 Å². The molecule has 0 aromatic carbocycles. The van der Waals surface area contributed by atoms with Crippen LogP contribution in [0.4, 0.5) is 0 Å². The lowest BCUT2D eigenvalue weighted by molar-refractivity contribution is -0.109. The quantitative estimate of drug-likeness (QED) is 0.481. The molecule has 0 aromatic rings. The zero-order valence-corrected chi connectivity index (χ0v) is 9.24. The highest BCUT2D eigenvalue weighted by molar-refractivity contribution is 5.49. The van der Waals surface area contributed by atoms with Crippen LogP contribution in [0, 0.1) is 11.8 Å². The molecule has 0 radical (unpaired) electrons. The molecule has 1 aliphatic carbocycles. The summed E-state index contributed by atoms with van der Waals surface area (Å²) in [6.07, 6.45) is 14.1. The molecule has 0 aliphatic heterocycles. The lowest BCUT2D eigenvalue weighted by Crippen LogP contribution is -2.18. The summed E-state index contributed by atoms with van der Waals surface area (Å²) in [7, 11) is 0. The van der Waals surface area contributed by atoms with Gasteiger partial charge < -0.3 is 4.79 Å². The Morgan fingerprint density at radius 3 is 2.50 bits per heavy atom. The average Bonchev–Trinajstić information content (AvgIpc) is 2.25. The van der Waals surface area contributed by atoms with Crippen molar-refractivity contribution in [3.63, 3.8) is 0 Å². The number of carbonyl (C=O) groups is 1. The van der Waals surface area contributed by atoms with Gasteiger partial charge in [0.15, 0.2) is 0 Å². The molecule has 1 aliphatic rings. The predicted molar refractivity (Wildman–Crippen MR) is 60.2 cm³/mol. The summed E-state index contributed by atoms with van der Waals surface area (Å²) in [6.45, 7) is 2.05. The fraction of sp³-hybridized carbons (Fsp3) is 0.769. The van der Waals surface area contributed by atoms with E-state index in [1.54, 1.807) is 0 Å². The van der Waals surface area contributed by atoms with Crippen LogP contribution in [0.3, 0.4) is 0 Å². The molecule has 0 N–H and O–H groups in total. The molecular weight excluding hydrogens is 172 g/mol. The van der Waals surface area contributed by atoms with Gasteiger partial charge in [0.25, 0.3) is 0 Å². The lowest BCUT2D eigenvalue weighted by atomic mass is 9.77. The van der Waals surface area contributed by atoms with Gasteiger partial charge in [-0.2, -0.15) is 0 Å². The van der Waals surface area contributed by atoms with Crippen molar-refractivity contribution in [2.75, 3.05) is 0 Å². The highest BCUT2D eigenvalue weighted by atomic mass is 16.1. The Labute approximate surface area is 87.6 Å².